The maximum Gasteiger partial charge on any atom is 0.145 e. The number of aryl methyl sites for hydroxylation is 1. The molecule has 2 aromatic heterocycles. The summed E-state index contributed by atoms with van der Waals surface area (Å²) in [4.78, 5) is 4.66. The lowest BCUT2D eigenvalue weighted by Crippen LogP contribution is -2.03. The molecule has 0 saturated heterocycles. The number of hydrogen-bond donors (Lipinski definition) is 0. The second kappa shape index (κ2) is 6.09. The minimum absolute atomic E-state index is 0.0377. The van der Waals surface area contributed by atoms with Gasteiger partial charge in [-0.15, -0.1) is 0 Å². The molecule has 3 nitrogen and oxygen atoms in total. The van der Waals surface area contributed by atoms with Crippen molar-refractivity contribution in [1.82, 2.24) is 4.98 Å². The van der Waals surface area contributed by atoms with E-state index in [1.165, 1.54) is 0 Å². The van der Waals surface area contributed by atoms with E-state index in [9.17, 15) is 0 Å². The number of pyridine rings is 1. The normalized spacial score (nSPS) is 13.3. The molecule has 3 aromatic rings. The summed E-state index contributed by atoms with van der Waals surface area (Å²) in [5.41, 5.74) is 2.89. The van der Waals surface area contributed by atoms with E-state index in [2.05, 4.69) is 31.0 Å². The van der Waals surface area contributed by atoms with Crippen LogP contribution >= 0.6 is 0 Å². The van der Waals surface area contributed by atoms with Gasteiger partial charge in [-0.25, -0.2) is 0 Å². The summed E-state index contributed by atoms with van der Waals surface area (Å²) in [6.45, 7) is 9.24. The Balaban J connectivity index is 1.95. The number of para-hydroxylation sites is 1. The second-order valence-corrected chi connectivity index (χ2v) is 6.30. The van der Waals surface area contributed by atoms with Crippen LogP contribution in [0.5, 0.6) is 0 Å². The highest BCUT2D eigenvalue weighted by Crippen LogP contribution is 2.32. The third-order valence-corrected chi connectivity index (χ3v) is 4.04. The van der Waals surface area contributed by atoms with Crippen LogP contribution in [0.15, 0.2) is 34.7 Å². The first-order valence-electron chi connectivity index (χ1n) is 7.96. The molecule has 1 aromatic carbocycles. The number of ether oxygens (including phenoxy) is 1. The molecule has 0 bridgehead atoms. The first-order valence-corrected chi connectivity index (χ1v) is 7.96. The Hall–Kier alpha value is -1.87. The van der Waals surface area contributed by atoms with Gasteiger partial charge in [0.1, 0.15) is 17.4 Å². The largest absolute Gasteiger partial charge is 0.458 e. The van der Waals surface area contributed by atoms with E-state index in [4.69, 9.17) is 9.15 Å². The zero-order valence-electron chi connectivity index (χ0n) is 13.7. The summed E-state index contributed by atoms with van der Waals surface area (Å²) in [7, 11) is 0. The zero-order valence-corrected chi connectivity index (χ0v) is 13.7. The molecule has 0 saturated carbocycles. The van der Waals surface area contributed by atoms with Crippen LogP contribution in [0.2, 0.25) is 0 Å². The fourth-order valence-corrected chi connectivity index (χ4v) is 2.65. The third-order valence-electron chi connectivity index (χ3n) is 4.04. The number of benzene rings is 1. The molecule has 0 radical (unpaired) electrons. The fourth-order valence-electron chi connectivity index (χ4n) is 2.65. The molecule has 22 heavy (non-hydrogen) atoms. The van der Waals surface area contributed by atoms with Crippen molar-refractivity contribution in [1.29, 1.82) is 0 Å². The number of aromatic nitrogens is 1. The van der Waals surface area contributed by atoms with Gasteiger partial charge in [0.25, 0.3) is 0 Å². The SMILES string of the molecule is Cc1nc2ccccc2c2oc(C(C)OCCC(C)C)cc12. The quantitative estimate of drug-likeness (QED) is 0.631. The molecule has 0 aliphatic rings. The standard InChI is InChI=1S/C19H23NO2/c1-12(2)9-10-21-14(4)18-11-16-13(3)20-17-8-6-5-7-15(17)19(16)22-18/h5-8,11-12,14H,9-10H2,1-4H3. The fraction of sp³-hybridized carbons (Fsp3) is 0.421. The van der Waals surface area contributed by atoms with Crippen molar-refractivity contribution in [3.8, 4) is 0 Å². The van der Waals surface area contributed by atoms with Crippen molar-refractivity contribution in [3.63, 3.8) is 0 Å². The van der Waals surface area contributed by atoms with Crippen LogP contribution in [0.4, 0.5) is 0 Å². The van der Waals surface area contributed by atoms with Gasteiger partial charge in [-0.05, 0) is 44.4 Å². The van der Waals surface area contributed by atoms with Gasteiger partial charge < -0.3 is 9.15 Å². The second-order valence-electron chi connectivity index (χ2n) is 6.30. The predicted octanol–water partition coefficient (Wildman–Crippen LogP) is 5.41. The van der Waals surface area contributed by atoms with Gasteiger partial charge in [-0.3, -0.25) is 4.98 Å². The molecule has 0 aliphatic carbocycles. The maximum atomic E-state index is 6.12. The van der Waals surface area contributed by atoms with Crippen LogP contribution < -0.4 is 0 Å². The van der Waals surface area contributed by atoms with Gasteiger partial charge in [0.15, 0.2) is 0 Å². The van der Waals surface area contributed by atoms with E-state index in [0.29, 0.717) is 5.92 Å². The van der Waals surface area contributed by atoms with Crippen molar-refractivity contribution < 1.29 is 9.15 Å². The molecule has 0 spiro atoms. The number of nitrogens with zero attached hydrogens (tertiary/aromatic N) is 1. The summed E-state index contributed by atoms with van der Waals surface area (Å²) >= 11 is 0. The van der Waals surface area contributed by atoms with Crippen LogP contribution in [0.1, 0.15) is 44.8 Å². The first-order chi connectivity index (χ1) is 10.6. The van der Waals surface area contributed by atoms with Crippen molar-refractivity contribution in [2.24, 2.45) is 5.92 Å². The summed E-state index contributed by atoms with van der Waals surface area (Å²) in [5.74, 6) is 1.53. The van der Waals surface area contributed by atoms with Crippen molar-refractivity contribution in [2.75, 3.05) is 6.61 Å². The molecular formula is C19H23NO2. The molecular weight excluding hydrogens is 274 g/mol. The van der Waals surface area contributed by atoms with E-state index in [-0.39, 0.29) is 6.10 Å². The van der Waals surface area contributed by atoms with Gasteiger partial charge in [0, 0.05) is 23.1 Å². The van der Waals surface area contributed by atoms with Gasteiger partial charge >= 0.3 is 0 Å². The monoisotopic (exact) mass is 297 g/mol. The topological polar surface area (TPSA) is 35.3 Å². The van der Waals surface area contributed by atoms with Crippen molar-refractivity contribution >= 4 is 21.9 Å². The molecule has 1 unspecified atom stereocenters. The molecule has 0 aliphatic heterocycles. The molecule has 2 heterocycles. The summed E-state index contributed by atoms with van der Waals surface area (Å²) < 4.78 is 12.0. The highest BCUT2D eigenvalue weighted by molar-refractivity contribution is 6.03. The average Bonchev–Trinajstić information content (AvgIpc) is 2.93. The van der Waals surface area contributed by atoms with Crippen LogP contribution in [-0.2, 0) is 4.74 Å². The Kier molecular flexibility index (Phi) is 4.16. The molecule has 116 valence electrons. The average molecular weight is 297 g/mol. The van der Waals surface area contributed by atoms with E-state index >= 15 is 0 Å². The molecule has 0 fully saturated rings. The Morgan fingerprint density at radius 2 is 1.91 bits per heavy atom. The molecule has 1 atom stereocenters. The Morgan fingerprint density at radius 3 is 2.68 bits per heavy atom. The number of fused-ring (bicyclic) bond motifs is 3. The van der Waals surface area contributed by atoms with E-state index < -0.39 is 0 Å². The van der Waals surface area contributed by atoms with Gasteiger partial charge in [-0.2, -0.15) is 0 Å². The highest BCUT2D eigenvalue weighted by Gasteiger charge is 2.16. The van der Waals surface area contributed by atoms with Crippen LogP contribution in [0.25, 0.3) is 21.9 Å². The smallest absolute Gasteiger partial charge is 0.145 e. The summed E-state index contributed by atoms with van der Waals surface area (Å²) in [5, 5.41) is 2.14. The highest BCUT2D eigenvalue weighted by atomic mass is 16.5. The Bertz CT molecular complexity index is 789. The Morgan fingerprint density at radius 1 is 1.14 bits per heavy atom. The maximum absolute atomic E-state index is 6.12. The number of hydrogen-bond acceptors (Lipinski definition) is 3. The van der Waals surface area contributed by atoms with Crippen LogP contribution in [0, 0.1) is 12.8 Å². The number of rotatable bonds is 5. The van der Waals surface area contributed by atoms with Crippen LogP contribution in [-0.4, -0.2) is 11.6 Å². The first kappa shape index (κ1) is 15.0. The lowest BCUT2D eigenvalue weighted by atomic mass is 10.1. The van der Waals surface area contributed by atoms with Gasteiger partial charge in [0.2, 0.25) is 0 Å². The Labute approximate surface area is 131 Å². The minimum Gasteiger partial charge on any atom is -0.458 e. The molecule has 0 N–H and O–H groups in total. The molecule has 3 heteroatoms. The predicted molar refractivity (Wildman–Crippen MR) is 90.1 cm³/mol. The van der Waals surface area contributed by atoms with Crippen LogP contribution in [0.3, 0.4) is 0 Å². The zero-order chi connectivity index (χ0) is 15.7. The van der Waals surface area contributed by atoms with E-state index in [1.807, 2.05) is 32.0 Å². The lowest BCUT2D eigenvalue weighted by Gasteiger charge is -2.11. The van der Waals surface area contributed by atoms with Crippen molar-refractivity contribution in [3.05, 3.63) is 41.8 Å². The van der Waals surface area contributed by atoms with Gasteiger partial charge in [-0.1, -0.05) is 26.0 Å². The van der Waals surface area contributed by atoms with Gasteiger partial charge in [0.05, 0.1) is 5.52 Å². The summed E-state index contributed by atoms with van der Waals surface area (Å²) in [6.07, 6.45) is 1.03. The minimum atomic E-state index is -0.0377. The van der Waals surface area contributed by atoms with Crippen molar-refractivity contribution in [2.45, 2.75) is 40.2 Å². The summed E-state index contributed by atoms with van der Waals surface area (Å²) in [6, 6.07) is 10.2. The molecule has 0 amide bonds. The molecule has 3 rings (SSSR count). The number of furan rings is 1. The van der Waals surface area contributed by atoms with E-state index in [1.54, 1.807) is 0 Å². The lowest BCUT2D eigenvalue weighted by molar-refractivity contribution is 0.0452. The third kappa shape index (κ3) is 2.86. The van der Waals surface area contributed by atoms with E-state index in [0.717, 1.165) is 46.4 Å².